The molecule has 0 radical (unpaired) electrons. The number of aryl methyl sites for hydroxylation is 1. The lowest BCUT2D eigenvalue weighted by molar-refractivity contribution is 0.328. The summed E-state index contributed by atoms with van der Waals surface area (Å²) in [4.78, 5) is 0. The van der Waals surface area contributed by atoms with Crippen LogP contribution in [0.2, 0.25) is 0 Å². The van der Waals surface area contributed by atoms with E-state index in [1.165, 1.54) is 30.4 Å². The minimum Gasteiger partial charge on any atom is -0.314 e. The van der Waals surface area contributed by atoms with Gasteiger partial charge < -0.3 is 5.32 Å². The van der Waals surface area contributed by atoms with E-state index in [9.17, 15) is 0 Å². The van der Waals surface area contributed by atoms with Crippen LogP contribution in [0.3, 0.4) is 0 Å². The Labute approximate surface area is 119 Å². The van der Waals surface area contributed by atoms with Crippen LogP contribution in [0, 0.1) is 12.3 Å². The topological polar surface area (TPSA) is 12.0 Å². The molecule has 0 amide bonds. The van der Waals surface area contributed by atoms with E-state index in [-0.39, 0.29) is 0 Å². The molecule has 0 fully saturated rings. The molecular formula is C18H31N. The first-order chi connectivity index (χ1) is 8.90. The van der Waals surface area contributed by atoms with Crippen molar-refractivity contribution in [2.24, 2.45) is 5.41 Å². The molecule has 0 saturated carbocycles. The summed E-state index contributed by atoms with van der Waals surface area (Å²) < 4.78 is 0. The normalized spacial score (nSPS) is 13.5. The Hall–Kier alpha value is -0.820. The van der Waals surface area contributed by atoms with E-state index >= 15 is 0 Å². The molecule has 0 bridgehead atoms. The van der Waals surface area contributed by atoms with Crippen LogP contribution in [0.15, 0.2) is 24.3 Å². The first-order valence-corrected chi connectivity index (χ1v) is 7.69. The van der Waals surface area contributed by atoms with Crippen LogP contribution in [0.1, 0.15) is 58.1 Å². The van der Waals surface area contributed by atoms with Gasteiger partial charge in [-0.3, -0.25) is 0 Å². The van der Waals surface area contributed by atoms with Gasteiger partial charge in [0.15, 0.2) is 0 Å². The van der Waals surface area contributed by atoms with Crippen LogP contribution >= 0.6 is 0 Å². The van der Waals surface area contributed by atoms with Crippen molar-refractivity contribution in [1.82, 2.24) is 5.32 Å². The molecule has 19 heavy (non-hydrogen) atoms. The summed E-state index contributed by atoms with van der Waals surface area (Å²) >= 11 is 0. The van der Waals surface area contributed by atoms with E-state index in [1.807, 2.05) is 0 Å². The Kier molecular flexibility index (Phi) is 6.57. The minimum atomic E-state index is 0.430. The molecule has 1 rings (SSSR count). The van der Waals surface area contributed by atoms with Crippen molar-refractivity contribution in [3.05, 3.63) is 35.4 Å². The minimum absolute atomic E-state index is 0.430. The number of nitrogens with one attached hydrogen (secondary N) is 1. The van der Waals surface area contributed by atoms with Crippen LogP contribution < -0.4 is 5.32 Å². The SMILES string of the molecule is CCCNC(CCC(C)(C)C)Cc1ccc(C)cc1. The van der Waals surface area contributed by atoms with E-state index in [2.05, 4.69) is 64.2 Å². The summed E-state index contributed by atoms with van der Waals surface area (Å²) in [5, 5.41) is 3.71. The summed E-state index contributed by atoms with van der Waals surface area (Å²) in [5.74, 6) is 0. The highest BCUT2D eigenvalue weighted by molar-refractivity contribution is 5.22. The van der Waals surface area contributed by atoms with E-state index in [0.29, 0.717) is 11.5 Å². The molecule has 1 unspecified atom stereocenters. The molecule has 0 aliphatic carbocycles. The summed E-state index contributed by atoms with van der Waals surface area (Å²) in [6.07, 6.45) is 4.90. The second kappa shape index (κ2) is 7.69. The van der Waals surface area contributed by atoms with Gasteiger partial charge in [0.05, 0.1) is 0 Å². The smallest absolute Gasteiger partial charge is 0.0108 e. The van der Waals surface area contributed by atoms with E-state index in [1.54, 1.807) is 0 Å². The van der Waals surface area contributed by atoms with E-state index < -0.39 is 0 Å². The average molecular weight is 261 g/mol. The Morgan fingerprint density at radius 2 is 1.74 bits per heavy atom. The molecule has 108 valence electrons. The fourth-order valence-corrected chi connectivity index (χ4v) is 2.24. The summed E-state index contributed by atoms with van der Waals surface area (Å²) in [5.41, 5.74) is 3.23. The average Bonchev–Trinajstić information content (AvgIpc) is 2.34. The highest BCUT2D eigenvalue weighted by Crippen LogP contribution is 2.22. The van der Waals surface area contributed by atoms with Crippen molar-refractivity contribution in [1.29, 1.82) is 0 Å². The summed E-state index contributed by atoms with van der Waals surface area (Å²) in [7, 11) is 0. The highest BCUT2D eigenvalue weighted by atomic mass is 14.9. The molecule has 0 aliphatic heterocycles. The van der Waals surface area contributed by atoms with Crippen molar-refractivity contribution in [2.75, 3.05) is 6.54 Å². The standard InChI is InChI=1S/C18H31N/c1-6-13-19-17(11-12-18(3,4)5)14-16-9-7-15(2)8-10-16/h7-10,17,19H,6,11-14H2,1-5H3. The molecule has 1 heteroatoms. The lowest BCUT2D eigenvalue weighted by atomic mass is 9.87. The number of rotatable bonds is 7. The van der Waals surface area contributed by atoms with Gasteiger partial charge in [-0.2, -0.15) is 0 Å². The molecule has 0 aliphatic rings. The van der Waals surface area contributed by atoms with Gasteiger partial charge >= 0.3 is 0 Å². The Bertz CT molecular complexity index is 345. The van der Waals surface area contributed by atoms with Crippen LogP contribution in [0.4, 0.5) is 0 Å². The lowest BCUT2D eigenvalue weighted by Crippen LogP contribution is -2.32. The maximum Gasteiger partial charge on any atom is 0.0108 e. The van der Waals surface area contributed by atoms with Crippen LogP contribution in [-0.2, 0) is 6.42 Å². The third-order valence-electron chi connectivity index (χ3n) is 3.53. The second-order valence-corrected chi connectivity index (χ2v) is 6.94. The molecule has 0 aromatic heterocycles. The van der Waals surface area contributed by atoms with Gasteiger partial charge in [-0.25, -0.2) is 0 Å². The first-order valence-electron chi connectivity index (χ1n) is 7.69. The van der Waals surface area contributed by atoms with Gasteiger partial charge in [0.1, 0.15) is 0 Å². The molecule has 1 aromatic carbocycles. The second-order valence-electron chi connectivity index (χ2n) is 6.94. The van der Waals surface area contributed by atoms with Crippen molar-refractivity contribution < 1.29 is 0 Å². The number of hydrogen-bond donors (Lipinski definition) is 1. The van der Waals surface area contributed by atoms with Gasteiger partial charge in [0.25, 0.3) is 0 Å². The molecule has 1 aromatic rings. The molecule has 1 atom stereocenters. The van der Waals surface area contributed by atoms with E-state index in [0.717, 1.165) is 13.0 Å². The zero-order valence-electron chi connectivity index (χ0n) is 13.4. The molecule has 0 spiro atoms. The zero-order valence-corrected chi connectivity index (χ0v) is 13.4. The Balaban J connectivity index is 2.55. The summed E-state index contributed by atoms with van der Waals surface area (Å²) in [6.45, 7) is 12.5. The third-order valence-corrected chi connectivity index (χ3v) is 3.53. The van der Waals surface area contributed by atoms with Crippen molar-refractivity contribution in [3.8, 4) is 0 Å². The van der Waals surface area contributed by atoms with Gasteiger partial charge in [-0.15, -0.1) is 0 Å². The highest BCUT2D eigenvalue weighted by Gasteiger charge is 2.15. The Morgan fingerprint density at radius 3 is 2.26 bits per heavy atom. The number of hydrogen-bond acceptors (Lipinski definition) is 1. The van der Waals surface area contributed by atoms with E-state index in [4.69, 9.17) is 0 Å². The van der Waals surface area contributed by atoms with Crippen LogP contribution in [0.5, 0.6) is 0 Å². The molecule has 1 N–H and O–H groups in total. The first kappa shape index (κ1) is 16.2. The number of benzene rings is 1. The van der Waals surface area contributed by atoms with Gasteiger partial charge in [0, 0.05) is 6.04 Å². The predicted octanol–water partition coefficient (Wildman–Crippen LogP) is 4.73. The quantitative estimate of drug-likeness (QED) is 0.748. The van der Waals surface area contributed by atoms with Gasteiger partial charge in [-0.05, 0) is 50.1 Å². The molecule has 0 heterocycles. The molecule has 0 saturated heterocycles. The largest absolute Gasteiger partial charge is 0.314 e. The van der Waals surface area contributed by atoms with Crippen molar-refractivity contribution >= 4 is 0 Å². The monoisotopic (exact) mass is 261 g/mol. The molecule has 1 nitrogen and oxygen atoms in total. The van der Waals surface area contributed by atoms with Crippen molar-refractivity contribution in [2.45, 2.75) is 66.3 Å². The fraction of sp³-hybridized carbons (Fsp3) is 0.667. The van der Waals surface area contributed by atoms with Gasteiger partial charge in [0.2, 0.25) is 0 Å². The molecular weight excluding hydrogens is 230 g/mol. The van der Waals surface area contributed by atoms with Crippen LogP contribution in [0.25, 0.3) is 0 Å². The Morgan fingerprint density at radius 1 is 1.11 bits per heavy atom. The summed E-state index contributed by atoms with van der Waals surface area (Å²) in [6, 6.07) is 9.59. The predicted molar refractivity (Wildman–Crippen MR) is 85.7 cm³/mol. The third kappa shape index (κ3) is 7.37. The lowest BCUT2D eigenvalue weighted by Gasteiger charge is -2.24. The van der Waals surface area contributed by atoms with Gasteiger partial charge in [-0.1, -0.05) is 57.5 Å². The van der Waals surface area contributed by atoms with Crippen LogP contribution in [-0.4, -0.2) is 12.6 Å². The maximum absolute atomic E-state index is 3.71. The maximum atomic E-state index is 3.71. The zero-order chi connectivity index (χ0) is 14.3. The van der Waals surface area contributed by atoms with Crippen molar-refractivity contribution in [3.63, 3.8) is 0 Å². The fourth-order valence-electron chi connectivity index (χ4n) is 2.24.